The number of rotatable bonds is 0. The van der Waals surface area contributed by atoms with E-state index in [1.54, 1.807) is 5.57 Å². The molecule has 0 N–H and O–H groups in total. The molecule has 0 spiro atoms. The van der Waals surface area contributed by atoms with Crippen molar-refractivity contribution in [2.45, 2.75) is 26.7 Å². The van der Waals surface area contributed by atoms with E-state index >= 15 is 0 Å². The molecule has 0 bridgehead atoms. The second-order valence-electron chi connectivity index (χ2n) is 4.54. The first-order valence-electron chi connectivity index (χ1n) is 6.87. The topological polar surface area (TPSA) is 0 Å². The van der Waals surface area contributed by atoms with Gasteiger partial charge in [0.2, 0.25) is 0 Å². The fourth-order valence-electron chi connectivity index (χ4n) is 3.05. The Morgan fingerprint density at radius 2 is 1.50 bits per heavy atom. The van der Waals surface area contributed by atoms with Crippen LogP contribution in [0.25, 0.3) is 22.8 Å². The van der Waals surface area contributed by atoms with E-state index in [2.05, 4.69) is 48.5 Å². The molecule has 2 aromatic rings. The lowest BCUT2D eigenvalue weighted by atomic mass is 9.98. The average molecular weight is 234 g/mol. The molecule has 18 heavy (non-hydrogen) atoms. The molecule has 0 radical (unpaired) electrons. The van der Waals surface area contributed by atoms with Crippen molar-refractivity contribution in [2.24, 2.45) is 0 Å². The van der Waals surface area contributed by atoms with Gasteiger partial charge in [0.1, 0.15) is 0 Å². The predicted octanol–water partition coefficient (Wildman–Crippen LogP) is 3.47. The second-order valence-corrected chi connectivity index (χ2v) is 4.54. The normalized spacial score (nSPS) is 14.0. The van der Waals surface area contributed by atoms with Gasteiger partial charge < -0.3 is 0 Å². The highest BCUT2D eigenvalue weighted by Crippen LogP contribution is 2.33. The summed E-state index contributed by atoms with van der Waals surface area (Å²) < 4.78 is 0. The van der Waals surface area contributed by atoms with Crippen LogP contribution in [-0.4, -0.2) is 0 Å². The molecule has 0 atom stereocenters. The first-order valence-corrected chi connectivity index (χ1v) is 6.87. The third-order valence-electron chi connectivity index (χ3n) is 3.70. The molecule has 0 nitrogen and oxygen atoms in total. The maximum absolute atomic E-state index is 2.37. The van der Waals surface area contributed by atoms with E-state index < -0.39 is 0 Å². The largest absolute Gasteiger partial charge is 0.0763 e. The molecule has 0 aromatic heterocycles. The summed E-state index contributed by atoms with van der Waals surface area (Å²) in [6.07, 6.45) is 4.75. The van der Waals surface area contributed by atoms with E-state index in [9.17, 15) is 0 Å². The van der Waals surface area contributed by atoms with Crippen LogP contribution in [0.5, 0.6) is 0 Å². The molecule has 90 valence electrons. The van der Waals surface area contributed by atoms with E-state index in [0.29, 0.717) is 0 Å². The van der Waals surface area contributed by atoms with Crippen LogP contribution >= 0.6 is 0 Å². The lowest BCUT2D eigenvalue weighted by Crippen LogP contribution is -2.28. The van der Waals surface area contributed by atoms with Crippen LogP contribution in [0.1, 0.15) is 32.3 Å². The zero-order valence-electron chi connectivity index (χ0n) is 11.0. The highest BCUT2D eigenvalue weighted by molar-refractivity contribution is 5.90. The molecule has 0 fully saturated rings. The summed E-state index contributed by atoms with van der Waals surface area (Å²) in [6.45, 7) is 4.00. The third kappa shape index (κ3) is 1.45. The van der Waals surface area contributed by atoms with Crippen LogP contribution in [0, 0.1) is 0 Å². The third-order valence-corrected chi connectivity index (χ3v) is 3.70. The predicted molar refractivity (Wildman–Crippen MR) is 78.7 cm³/mol. The molecule has 2 aromatic carbocycles. The fourth-order valence-corrected chi connectivity index (χ4v) is 3.05. The molecule has 0 saturated heterocycles. The van der Waals surface area contributed by atoms with Crippen molar-refractivity contribution in [3.8, 4) is 11.1 Å². The van der Waals surface area contributed by atoms with Gasteiger partial charge >= 0.3 is 0 Å². The second kappa shape index (κ2) is 4.45. The summed E-state index contributed by atoms with van der Waals surface area (Å²) in [4.78, 5) is 0. The van der Waals surface area contributed by atoms with Crippen LogP contribution in [-0.2, 0) is 0 Å². The minimum absolute atomic E-state index is 1.18. The maximum Gasteiger partial charge on any atom is -0.00700 e. The molecule has 0 saturated carbocycles. The first kappa shape index (κ1) is 11.3. The van der Waals surface area contributed by atoms with Crippen molar-refractivity contribution in [3.63, 3.8) is 0 Å². The molecule has 0 amide bonds. The molecule has 0 heterocycles. The molecular formula is C18H18. The molecule has 2 aliphatic carbocycles. The Bertz CT molecular complexity index is 705. The van der Waals surface area contributed by atoms with E-state index in [0.717, 1.165) is 0 Å². The van der Waals surface area contributed by atoms with Gasteiger partial charge in [-0.2, -0.15) is 0 Å². The van der Waals surface area contributed by atoms with E-state index in [-0.39, 0.29) is 0 Å². The van der Waals surface area contributed by atoms with Gasteiger partial charge in [-0.1, -0.05) is 62.4 Å². The van der Waals surface area contributed by atoms with Crippen molar-refractivity contribution in [1.82, 2.24) is 0 Å². The van der Waals surface area contributed by atoms with E-state index in [1.165, 1.54) is 40.0 Å². The van der Waals surface area contributed by atoms with Crippen molar-refractivity contribution in [3.05, 3.63) is 58.5 Å². The average Bonchev–Trinajstić information content (AvgIpc) is 2.79. The van der Waals surface area contributed by atoms with E-state index in [1.807, 2.05) is 13.8 Å². The highest BCUT2D eigenvalue weighted by atomic mass is 14.2. The van der Waals surface area contributed by atoms with Gasteiger partial charge in [0.25, 0.3) is 0 Å². The van der Waals surface area contributed by atoms with E-state index in [4.69, 9.17) is 0 Å². The zero-order valence-corrected chi connectivity index (χ0v) is 11.0. The maximum atomic E-state index is 2.37. The number of hydrogen-bond donors (Lipinski definition) is 0. The van der Waals surface area contributed by atoms with Crippen LogP contribution in [0.2, 0.25) is 0 Å². The highest BCUT2D eigenvalue weighted by Gasteiger charge is 2.20. The quantitative estimate of drug-likeness (QED) is 0.655. The number of fused-ring (bicyclic) bond motifs is 3. The number of benzene rings is 2. The Morgan fingerprint density at radius 1 is 0.778 bits per heavy atom. The van der Waals surface area contributed by atoms with Gasteiger partial charge in [0, 0.05) is 0 Å². The fraction of sp³-hybridized carbons (Fsp3) is 0.222. The van der Waals surface area contributed by atoms with Crippen molar-refractivity contribution in [1.29, 1.82) is 0 Å². The van der Waals surface area contributed by atoms with Gasteiger partial charge in [-0.3, -0.25) is 0 Å². The minimum Gasteiger partial charge on any atom is -0.0763 e. The van der Waals surface area contributed by atoms with Crippen LogP contribution in [0.3, 0.4) is 0 Å². The van der Waals surface area contributed by atoms with Crippen LogP contribution in [0.15, 0.2) is 42.5 Å². The Morgan fingerprint density at radius 3 is 2.33 bits per heavy atom. The molecule has 0 unspecified atom stereocenters. The summed E-state index contributed by atoms with van der Waals surface area (Å²) in [7, 11) is 0. The van der Waals surface area contributed by atoms with Gasteiger partial charge in [-0.05, 0) is 45.5 Å². The minimum atomic E-state index is 1.18. The van der Waals surface area contributed by atoms with Crippen LogP contribution < -0.4 is 10.4 Å². The van der Waals surface area contributed by atoms with Gasteiger partial charge in [-0.15, -0.1) is 0 Å². The van der Waals surface area contributed by atoms with Gasteiger partial charge in [0.15, 0.2) is 0 Å². The Balaban J connectivity index is 0.000000478. The van der Waals surface area contributed by atoms with Crippen molar-refractivity contribution in [2.75, 3.05) is 0 Å². The summed E-state index contributed by atoms with van der Waals surface area (Å²) in [5.41, 5.74) is 5.87. The first-order chi connectivity index (χ1) is 8.95. The molecule has 4 rings (SSSR count). The summed E-state index contributed by atoms with van der Waals surface area (Å²) in [5.74, 6) is 0. The lowest BCUT2D eigenvalue weighted by Gasteiger charge is -2.06. The Labute approximate surface area is 108 Å². The Hall–Kier alpha value is -1.82. The molecular weight excluding hydrogens is 216 g/mol. The SMILES string of the molecule is C1=c2cccc3c2=C(CC1)c1ccccc1-3.CC. The smallest absolute Gasteiger partial charge is 0.00700 e. The van der Waals surface area contributed by atoms with Crippen LogP contribution in [0.4, 0.5) is 0 Å². The molecule has 0 aliphatic heterocycles. The lowest BCUT2D eigenvalue weighted by molar-refractivity contribution is 1.09. The summed E-state index contributed by atoms with van der Waals surface area (Å²) >= 11 is 0. The number of hydrogen-bond acceptors (Lipinski definition) is 0. The summed E-state index contributed by atoms with van der Waals surface area (Å²) in [5, 5.41) is 2.92. The van der Waals surface area contributed by atoms with Crippen molar-refractivity contribution >= 4 is 11.6 Å². The monoisotopic (exact) mass is 234 g/mol. The van der Waals surface area contributed by atoms with Gasteiger partial charge in [-0.25, -0.2) is 0 Å². The summed E-state index contributed by atoms with van der Waals surface area (Å²) in [6, 6.07) is 15.5. The van der Waals surface area contributed by atoms with Crippen molar-refractivity contribution < 1.29 is 0 Å². The molecule has 2 aliphatic rings. The zero-order chi connectivity index (χ0) is 12.5. The standard InChI is InChI=1S/C16H12.C2H6/c1-2-8-13-12(7-1)14-9-3-5-11-6-4-10-15(13)16(11)14;1-2/h1-3,5-9H,4,10H2;1-2H3. The van der Waals surface area contributed by atoms with Gasteiger partial charge in [0.05, 0.1) is 0 Å². The Kier molecular flexibility index (Phi) is 2.79. The molecule has 0 heteroatoms.